The van der Waals surface area contributed by atoms with Gasteiger partial charge in [0.1, 0.15) is 11.8 Å². The van der Waals surface area contributed by atoms with Crippen LogP contribution in [0.25, 0.3) is 11.1 Å². The van der Waals surface area contributed by atoms with Gasteiger partial charge in [-0.3, -0.25) is 20.0 Å². The van der Waals surface area contributed by atoms with Crippen molar-refractivity contribution in [1.82, 2.24) is 15.4 Å². The molecule has 2 aromatic carbocycles. The fraction of sp³-hybridized carbons (Fsp3) is 0.333. The first-order valence-electron chi connectivity index (χ1n) is 12.8. The fourth-order valence-corrected chi connectivity index (χ4v) is 4.31. The molecule has 0 bridgehead atoms. The minimum absolute atomic E-state index is 0.178. The Morgan fingerprint density at radius 2 is 1.77 bits per heavy atom. The van der Waals surface area contributed by atoms with E-state index in [4.69, 9.17) is 9.47 Å². The number of carbonyl (C=O) groups is 2. The summed E-state index contributed by atoms with van der Waals surface area (Å²) < 4.78 is 10.8. The monoisotopic (exact) mass is 527 g/mol. The highest BCUT2D eigenvalue weighted by molar-refractivity contribution is 6.07. The van der Waals surface area contributed by atoms with Crippen LogP contribution in [0.15, 0.2) is 48.7 Å². The zero-order chi connectivity index (χ0) is 28.2. The SMILES string of the molecule is COc1c(C#N)cc(C(C)(C)C)cc1C(=O)Nc1cnc(C)c(-c2ccc(C(=O)NN3CCOCC3)cc2)c1. The second kappa shape index (κ2) is 11.6. The van der Waals surface area contributed by atoms with E-state index in [0.717, 1.165) is 22.4 Å². The molecule has 0 atom stereocenters. The van der Waals surface area contributed by atoms with E-state index in [2.05, 4.69) is 21.8 Å². The summed E-state index contributed by atoms with van der Waals surface area (Å²) in [6.45, 7) is 10.4. The van der Waals surface area contributed by atoms with Crippen molar-refractivity contribution < 1.29 is 19.1 Å². The maximum absolute atomic E-state index is 13.4. The number of nitrogens with one attached hydrogen (secondary N) is 2. The van der Waals surface area contributed by atoms with Crippen LogP contribution in [-0.2, 0) is 10.2 Å². The number of carbonyl (C=O) groups excluding carboxylic acids is 2. The van der Waals surface area contributed by atoms with E-state index in [1.165, 1.54) is 7.11 Å². The predicted octanol–water partition coefficient (Wildman–Crippen LogP) is 4.46. The molecule has 1 fully saturated rings. The molecule has 1 saturated heterocycles. The summed E-state index contributed by atoms with van der Waals surface area (Å²) in [6, 6.07) is 14.7. The van der Waals surface area contributed by atoms with Crippen molar-refractivity contribution >= 4 is 17.5 Å². The van der Waals surface area contributed by atoms with E-state index in [9.17, 15) is 14.9 Å². The van der Waals surface area contributed by atoms with E-state index < -0.39 is 5.91 Å². The van der Waals surface area contributed by atoms with Crippen LogP contribution in [0.5, 0.6) is 5.75 Å². The molecule has 1 aromatic heterocycles. The molecule has 0 aliphatic carbocycles. The average Bonchev–Trinajstić information content (AvgIpc) is 2.93. The number of pyridine rings is 1. The van der Waals surface area contributed by atoms with Crippen molar-refractivity contribution in [3.05, 3.63) is 76.6 Å². The summed E-state index contributed by atoms with van der Waals surface area (Å²) in [5.41, 5.74) is 7.56. The zero-order valence-corrected chi connectivity index (χ0v) is 22.9. The van der Waals surface area contributed by atoms with Gasteiger partial charge in [-0.2, -0.15) is 5.26 Å². The molecule has 0 saturated carbocycles. The number of aromatic nitrogens is 1. The second-order valence-electron chi connectivity index (χ2n) is 10.4. The molecule has 1 aliphatic rings. The first-order valence-corrected chi connectivity index (χ1v) is 12.8. The van der Waals surface area contributed by atoms with Crippen LogP contribution in [0.4, 0.5) is 5.69 Å². The molecule has 2 heterocycles. The molecule has 0 radical (unpaired) electrons. The van der Waals surface area contributed by atoms with Gasteiger partial charge in [-0.1, -0.05) is 32.9 Å². The molecule has 9 heteroatoms. The highest BCUT2D eigenvalue weighted by atomic mass is 16.5. The van der Waals surface area contributed by atoms with Crippen LogP contribution in [0.2, 0.25) is 0 Å². The number of benzene rings is 2. The second-order valence-corrected chi connectivity index (χ2v) is 10.4. The zero-order valence-electron chi connectivity index (χ0n) is 22.9. The number of morpholine rings is 1. The van der Waals surface area contributed by atoms with Crippen LogP contribution < -0.4 is 15.5 Å². The van der Waals surface area contributed by atoms with Crippen LogP contribution in [0, 0.1) is 18.3 Å². The largest absolute Gasteiger partial charge is 0.495 e. The first-order chi connectivity index (χ1) is 18.6. The number of rotatable bonds is 6. The number of hydrogen-bond donors (Lipinski definition) is 2. The van der Waals surface area contributed by atoms with E-state index in [1.807, 2.05) is 50.9 Å². The summed E-state index contributed by atoms with van der Waals surface area (Å²) in [4.78, 5) is 30.5. The fourth-order valence-electron chi connectivity index (χ4n) is 4.31. The molecular formula is C30H33N5O4. The normalized spacial score (nSPS) is 13.8. The van der Waals surface area contributed by atoms with Crippen LogP contribution in [-0.4, -0.2) is 55.2 Å². The lowest BCUT2D eigenvalue weighted by Crippen LogP contribution is -2.48. The Morgan fingerprint density at radius 1 is 1.08 bits per heavy atom. The first kappa shape index (κ1) is 27.8. The number of hydrazine groups is 1. The Bertz CT molecular complexity index is 1410. The molecule has 0 unspecified atom stereocenters. The summed E-state index contributed by atoms with van der Waals surface area (Å²) in [5.74, 6) is -0.349. The third-order valence-electron chi connectivity index (χ3n) is 6.60. The van der Waals surface area contributed by atoms with Gasteiger partial charge in [0.15, 0.2) is 0 Å². The minimum atomic E-state index is -0.402. The summed E-state index contributed by atoms with van der Waals surface area (Å²) >= 11 is 0. The van der Waals surface area contributed by atoms with Crippen molar-refractivity contribution in [2.45, 2.75) is 33.1 Å². The topological polar surface area (TPSA) is 117 Å². The molecular weight excluding hydrogens is 494 g/mol. The van der Waals surface area contributed by atoms with Crippen molar-refractivity contribution in [2.24, 2.45) is 0 Å². The van der Waals surface area contributed by atoms with Crippen LogP contribution in [0.3, 0.4) is 0 Å². The maximum atomic E-state index is 13.4. The Balaban J connectivity index is 1.56. The third kappa shape index (κ3) is 6.42. The van der Waals surface area contributed by atoms with Gasteiger partial charge in [-0.05, 0) is 53.8 Å². The quantitative estimate of drug-likeness (QED) is 0.486. The molecule has 202 valence electrons. The number of aryl methyl sites for hydroxylation is 1. The number of methoxy groups -OCH3 is 1. The summed E-state index contributed by atoms with van der Waals surface area (Å²) in [6.07, 6.45) is 1.59. The van der Waals surface area contributed by atoms with Crippen molar-refractivity contribution in [3.8, 4) is 22.9 Å². The van der Waals surface area contributed by atoms with Gasteiger partial charge >= 0.3 is 0 Å². The molecule has 2 N–H and O–H groups in total. The van der Waals surface area contributed by atoms with Crippen molar-refractivity contribution in [2.75, 3.05) is 38.7 Å². The predicted molar refractivity (Wildman–Crippen MR) is 149 cm³/mol. The molecule has 3 aromatic rings. The van der Waals surface area contributed by atoms with E-state index in [0.29, 0.717) is 43.1 Å². The highest BCUT2D eigenvalue weighted by Crippen LogP contribution is 2.32. The number of nitrogens with zero attached hydrogens (tertiary/aromatic N) is 3. The maximum Gasteiger partial charge on any atom is 0.265 e. The number of nitriles is 1. The number of hydrogen-bond acceptors (Lipinski definition) is 7. The molecule has 4 rings (SSSR count). The van der Waals surface area contributed by atoms with Gasteiger partial charge in [-0.15, -0.1) is 0 Å². The lowest BCUT2D eigenvalue weighted by molar-refractivity contribution is 0.0126. The Labute approximate surface area is 228 Å². The minimum Gasteiger partial charge on any atom is -0.495 e. The molecule has 2 amide bonds. The van der Waals surface area contributed by atoms with Gasteiger partial charge in [0, 0.05) is 29.9 Å². The molecule has 0 spiro atoms. The van der Waals surface area contributed by atoms with Gasteiger partial charge in [0.2, 0.25) is 0 Å². The lowest BCUT2D eigenvalue weighted by atomic mass is 9.84. The van der Waals surface area contributed by atoms with E-state index in [-0.39, 0.29) is 22.6 Å². The van der Waals surface area contributed by atoms with Crippen LogP contribution >= 0.6 is 0 Å². The van der Waals surface area contributed by atoms with Crippen molar-refractivity contribution in [3.63, 3.8) is 0 Å². The van der Waals surface area contributed by atoms with E-state index in [1.54, 1.807) is 30.5 Å². The average molecular weight is 528 g/mol. The number of anilines is 1. The van der Waals surface area contributed by atoms with Gasteiger partial charge in [0.05, 0.1) is 43.3 Å². The van der Waals surface area contributed by atoms with Gasteiger partial charge in [-0.25, -0.2) is 5.01 Å². The Kier molecular flexibility index (Phi) is 8.29. The van der Waals surface area contributed by atoms with Crippen LogP contribution in [0.1, 0.15) is 58.3 Å². The van der Waals surface area contributed by atoms with E-state index >= 15 is 0 Å². The molecule has 39 heavy (non-hydrogen) atoms. The summed E-state index contributed by atoms with van der Waals surface area (Å²) in [7, 11) is 1.44. The molecule has 9 nitrogen and oxygen atoms in total. The smallest absolute Gasteiger partial charge is 0.265 e. The van der Waals surface area contributed by atoms with Gasteiger partial charge < -0.3 is 14.8 Å². The third-order valence-corrected chi connectivity index (χ3v) is 6.60. The number of ether oxygens (including phenoxy) is 2. The molecule has 1 aliphatic heterocycles. The lowest BCUT2D eigenvalue weighted by Gasteiger charge is -2.26. The Morgan fingerprint density at radius 3 is 2.38 bits per heavy atom. The number of amides is 2. The highest BCUT2D eigenvalue weighted by Gasteiger charge is 2.23. The Hall–Kier alpha value is -4.26. The van der Waals surface area contributed by atoms with Crippen molar-refractivity contribution in [1.29, 1.82) is 5.26 Å². The van der Waals surface area contributed by atoms with Gasteiger partial charge in [0.25, 0.3) is 11.8 Å². The summed E-state index contributed by atoms with van der Waals surface area (Å²) in [5, 5.41) is 14.4. The standard InChI is InChI=1S/C30H33N5O4/c1-19-25(20-6-8-21(9-7-20)28(36)34-35-10-12-39-13-11-35)16-24(18-32-19)33-29(37)26-15-23(30(2,3)4)14-22(17-31)27(26)38-5/h6-9,14-16,18H,10-13H2,1-5H3,(H,33,37)(H,34,36).